The number of allylic oxidation sites excluding steroid dienone is 2. The van der Waals surface area contributed by atoms with Crippen LogP contribution in [0.3, 0.4) is 0 Å². The first-order valence-corrected chi connectivity index (χ1v) is 12.8. The number of esters is 1. The summed E-state index contributed by atoms with van der Waals surface area (Å²) in [4.78, 5) is 27.2. The Morgan fingerprint density at radius 2 is 1.88 bits per heavy atom. The van der Waals surface area contributed by atoms with Crippen molar-refractivity contribution in [3.8, 4) is 0 Å². The van der Waals surface area contributed by atoms with Crippen LogP contribution < -0.4 is 5.32 Å². The fourth-order valence-corrected chi connectivity index (χ4v) is 6.50. The third kappa shape index (κ3) is 4.47. The van der Waals surface area contributed by atoms with Crippen molar-refractivity contribution >= 4 is 11.9 Å². The number of nitrogens with one attached hydrogen (secondary N) is 1. The van der Waals surface area contributed by atoms with Crippen LogP contribution in [0.5, 0.6) is 0 Å². The van der Waals surface area contributed by atoms with Crippen molar-refractivity contribution in [3.63, 3.8) is 0 Å². The SMILES string of the molecule is CC1=C[C@H]2/C=C(/C)CC[C@@H](O)[C@@H]3OC(C)(C)O[C@H]3CC(=O)O[C@@]23C(=O)N[C@@H](CC(C)C)[C@H]3[C@H]1C. The third-order valence-corrected chi connectivity index (χ3v) is 8.07. The minimum atomic E-state index is -1.29. The Morgan fingerprint density at radius 3 is 2.56 bits per heavy atom. The number of hydrogen-bond acceptors (Lipinski definition) is 6. The van der Waals surface area contributed by atoms with Gasteiger partial charge < -0.3 is 24.6 Å². The standard InChI is InChI=1S/C27H41NO6/c1-14(2)10-19-23-17(5)16(4)12-18-11-15(3)8-9-20(29)24-21(32-26(6,7)34-24)13-22(30)33-27(18,23)25(31)28-19/h11-12,14,17-21,23-24,29H,8-10,13H2,1-7H3,(H,28,31)/b15-11-/t17-,18+,19-,20+,21-,23+,24-,27-/m0/s1. The normalized spacial score (nSPS) is 43.9. The molecule has 0 saturated carbocycles. The lowest BCUT2D eigenvalue weighted by Gasteiger charge is -2.45. The molecule has 0 aromatic carbocycles. The van der Waals surface area contributed by atoms with Gasteiger partial charge in [0.25, 0.3) is 5.91 Å². The maximum Gasteiger partial charge on any atom is 0.309 e. The number of carbonyl (C=O) groups is 2. The first-order chi connectivity index (χ1) is 15.8. The number of hydrogen-bond donors (Lipinski definition) is 2. The van der Waals surface area contributed by atoms with Gasteiger partial charge in [-0.3, -0.25) is 9.59 Å². The molecule has 0 unspecified atom stereocenters. The van der Waals surface area contributed by atoms with Gasteiger partial charge in [-0.2, -0.15) is 0 Å². The van der Waals surface area contributed by atoms with Gasteiger partial charge in [0.2, 0.25) is 5.60 Å². The van der Waals surface area contributed by atoms with Crippen molar-refractivity contribution in [1.29, 1.82) is 0 Å². The fourth-order valence-electron chi connectivity index (χ4n) is 6.50. The molecule has 8 atom stereocenters. The zero-order valence-electron chi connectivity index (χ0n) is 21.6. The summed E-state index contributed by atoms with van der Waals surface area (Å²) in [6.45, 7) is 14.1. The predicted octanol–water partition coefficient (Wildman–Crippen LogP) is 3.65. The number of aliphatic hydroxyl groups excluding tert-OH is 1. The van der Waals surface area contributed by atoms with Gasteiger partial charge >= 0.3 is 5.97 Å². The highest BCUT2D eigenvalue weighted by molar-refractivity contribution is 5.92. The van der Waals surface area contributed by atoms with Crippen LogP contribution >= 0.6 is 0 Å². The van der Waals surface area contributed by atoms with E-state index in [1.54, 1.807) is 13.8 Å². The summed E-state index contributed by atoms with van der Waals surface area (Å²) in [5, 5.41) is 14.1. The highest BCUT2D eigenvalue weighted by Crippen LogP contribution is 2.51. The number of amides is 1. The molecule has 1 spiro atoms. The van der Waals surface area contributed by atoms with Gasteiger partial charge in [0.1, 0.15) is 12.2 Å². The molecular weight excluding hydrogens is 434 g/mol. The molecular formula is C27H41NO6. The molecule has 2 N–H and O–H groups in total. The molecule has 4 aliphatic rings. The molecule has 190 valence electrons. The first kappa shape index (κ1) is 25.4. The Labute approximate surface area is 203 Å². The zero-order chi connectivity index (χ0) is 25.0. The average Bonchev–Trinajstić information content (AvgIpc) is 3.16. The molecule has 0 aromatic rings. The van der Waals surface area contributed by atoms with Crippen LogP contribution in [0.1, 0.15) is 74.1 Å². The van der Waals surface area contributed by atoms with Gasteiger partial charge in [-0.1, -0.05) is 44.1 Å². The number of carbonyl (C=O) groups excluding carboxylic acids is 2. The summed E-state index contributed by atoms with van der Waals surface area (Å²) in [7, 11) is 0. The van der Waals surface area contributed by atoms with E-state index >= 15 is 0 Å². The van der Waals surface area contributed by atoms with E-state index in [9.17, 15) is 14.7 Å². The smallest absolute Gasteiger partial charge is 0.309 e. The van der Waals surface area contributed by atoms with Crippen molar-refractivity contribution in [1.82, 2.24) is 5.32 Å². The Hall–Kier alpha value is -1.70. The monoisotopic (exact) mass is 475 g/mol. The number of fused-ring (bicyclic) bond motifs is 1. The zero-order valence-corrected chi connectivity index (χ0v) is 21.6. The van der Waals surface area contributed by atoms with Gasteiger partial charge in [-0.15, -0.1) is 0 Å². The molecule has 2 saturated heterocycles. The van der Waals surface area contributed by atoms with Crippen LogP contribution in [0, 0.1) is 23.7 Å². The predicted molar refractivity (Wildman–Crippen MR) is 128 cm³/mol. The second-order valence-electron chi connectivity index (χ2n) is 11.7. The molecule has 1 aliphatic carbocycles. The molecule has 1 amide bonds. The van der Waals surface area contributed by atoms with Crippen LogP contribution in [0.25, 0.3) is 0 Å². The average molecular weight is 476 g/mol. The van der Waals surface area contributed by atoms with Gasteiger partial charge in [0, 0.05) is 17.9 Å². The Balaban J connectivity index is 1.78. The van der Waals surface area contributed by atoms with E-state index in [0.717, 1.165) is 12.0 Å². The summed E-state index contributed by atoms with van der Waals surface area (Å²) in [5.41, 5.74) is 0.962. The molecule has 7 nitrogen and oxygen atoms in total. The summed E-state index contributed by atoms with van der Waals surface area (Å²) >= 11 is 0. The van der Waals surface area contributed by atoms with Crippen molar-refractivity contribution in [2.24, 2.45) is 23.7 Å². The third-order valence-electron chi connectivity index (χ3n) is 8.07. The van der Waals surface area contributed by atoms with Crippen molar-refractivity contribution in [3.05, 3.63) is 23.3 Å². The highest BCUT2D eigenvalue weighted by atomic mass is 16.8. The van der Waals surface area contributed by atoms with Crippen LogP contribution in [0.4, 0.5) is 0 Å². The van der Waals surface area contributed by atoms with Gasteiger partial charge in [0.05, 0.1) is 12.5 Å². The van der Waals surface area contributed by atoms with E-state index in [1.165, 1.54) is 5.57 Å². The quantitative estimate of drug-likeness (QED) is 0.468. The van der Waals surface area contributed by atoms with E-state index in [4.69, 9.17) is 14.2 Å². The van der Waals surface area contributed by atoms with Crippen LogP contribution in [0.2, 0.25) is 0 Å². The number of aliphatic hydroxyl groups is 1. The molecule has 3 aliphatic heterocycles. The Morgan fingerprint density at radius 1 is 1.18 bits per heavy atom. The Bertz CT molecular complexity index is 892. The summed E-state index contributed by atoms with van der Waals surface area (Å²) < 4.78 is 18.3. The van der Waals surface area contributed by atoms with Gasteiger partial charge in [-0.25, -0.2) is 0 Å². The number of rotatable bonds is 2. The molecule has 7 heteroatoms. The molecule has 0 bridgehead atoms. The number of ether oxygens (including phenoxy) is 3. The molecule has 0 aromatic heterocycles. The summed E-state index contributed by atoms with van der Waals surface area (Å²) in [5.74, 6) is -1.65. The van der Waals surface area contributed by atoms with Crippen molar-refractivity contribution in [2.45, 2.75) is 110 Å². The van der Waals surface area contributed by atoms with Crippen LogP contribution in [-0.2, 0) is 23.8 Å². The minimum Gasteiger partial charge on any atom is -0.447 e. The highest BCUT2D eigenvalue weighted by Gasteiger charge is 2.64. The lowest BCUT2D eigenvalue weighted by molar-refractivity contribution is -0.180. The van der Waals surface area contributed by atoms with Crippen LogP contribution in [-0.4, -0.2) is 52.7 Å². The van der Waals surface area contributed by atoms with E-state index < -0.39 is 35.7 Å². The second-order valence-corrected chi connectivity index (χ2v) is 11.7. The van der Waals surface area contributed by atoms with Gasteiger partial charge in [0.15, 0.2) is 5.79 Å². The maximum absolute atomic E-state index is 13.7. The summed E-state index contributed by atoms with van der Waals surface area (Å²) in [6.07, 6.45) is 4.02. The molecule has 4 rings (SSSR count). The fraction of sp³-hybridized carbons (Fsp3) is 0.778. The molecule has 0 radical (unpaired) electrons. The van der Waals surface area contributed by atoms with Crippen molar-refractivity contribution in [2.75, 3.05) is 0 Å². The van der Waals surface area contributed by atoms with E-state index in [2.05, 4.69) is 45.2 Å². The maximum atomic E-state index is 13.7. The van der Waals surface area contributed by atoms with E-state index in [1.807, 2.05) is 6.92 Å². The second kappa shape index (κ2) is 9.07. The Kier molecular flexibility index (Phi) is 6.77. The topological polar surface area (TPSA) is 94.1 Å². The van der Waals surface area contributed by atoms with E-state index in [0.29, 0.717) is 18.8 Å². The molecule has 2 fully saturated rings. The minimum absolute atomic E-state index is 0.0670. The lowest BCUT2D eigenvalue weighted by Crippen LogP contribution is -2.56. The van der Waals surface area contributed by atoms with E-state index in [-0.39, 0.29) is 36.1 Å². The van der Waals surface area contributed by atoms with Gasteiger partial charge in [-0.05, 0) is 58.8 Å². The first-order valence-electron chi connectivity index (χ1n) is 12.8. The summed E-state index contributed by atoms with van der Waals surface area (Å²) in [6, 6.07) is -0.0670. The molecule has 34 heavy (non-hydrogen) atoms. The largest absolute Gasteiger partial charge is 0.447 e. The lowest BCUT2D eigenvalue weighted by atomic mass is 9.63. The molecule has 3 heterocycles. The van der Waals surface area contributed by atoms with Crippen molar-refractivity contribution < 1.29 is 28.9 Å². The van der Waals surface area contributed by atoms with Crippen LogP contribution in [0.15, 0.2) is 23.3 Å².